The van der Waals surface area contributed by atoms with Gasteiger partial charge in [-0.1, -0.05) is 71.8 Å². The van der Waals surface area contributed by atoms with Crippen LogP contribution in [0.1, 0.15) is 89.6 Å². The number of nitrogens with one attached hydrogen (secondary N) is 2. The van der Waals surface area contributed by atoms with Gasteiger partial charge in [0.25, 0.3) is 11.8 Å². The molecule has 0 saturated carbocycles. The molecule has 0 aliphatic heterocycles. The van der Waals surface area contributed by atoms with Crippen LogP contribution in [-0.4, -0.2) is 34.1 Å². The molecule has 5 heteroatoms. The molecule has 0 spiro atoms. The van der Waals surface area contributed by atoms with Crippen LogP contribution in [0.3, 0.4) is 0 Å². The third-order valence-corrected chi connectivity index (χ3v) is 7.29. The van der Waals surface area contributed by atoms with Crippen LogP contribution >= 0.6 is 0 Å². The number of aliphatic hydroxyl groups is 1. The maximum Gasteiger partial charge on any atom is 0.252 e. The molecule has 0 bridgehead atoms. The summed E-state index contributed by atoms with van der Waals surface area (Å²) in [6.45, 7) is 11.9. The molecule has 0 radical (unpaired) electrons. The van der Waals surface area contributed by atoms with E-state index in [2.05, 4.69) is 22.8 Å². The molecule has 2 aromatic rings. The van der Waals surface area contributed by atoms with Crippen molar-refractivity contribution in [3.8, 4) is 0 Å². The standard InChI is InChI=1S/C35H44N2O3/c1-34(2,3)36-32(39)30-25(18-16-23-12-8-7-9-14-28(23)30)20-21-27(38)22-26-19-17-24-13-10-11-15-29(24)31(26)33(40)37-35(4,5)6/h7-11,13-15,17,19,27,38H,12,16,18,20-22H2,1-6H3,(H,36,39)(H,37,40). The summed E-state index contributed by atoms with van der Waals surface area (Å²) in [6.07, 6.45) is 11.7. The molecule has 40 heavy (non-hydrogen) atoms. The number of fused-ring (bicyclic) bond motifs is 1. The van der Waals surface area contributed by atoms with Crippen molar-refractivity contribution < 1.29 is 14.7 Å². The van der Waals surface area contributed by atoms with Crippen LogP contribution in [-0.2, 0) is 11.2 Å². The van der Waals surface area contributed by atoms with E-state index in [9.17, 15) is 14.7 Å². The van der Waals surface area contributed by atoms with E-state index >= 15 is 0 Å². The zero-order valence-electron chi connectivity index (χ0n) is 24.9. The second-order valence-corrected chi connectivity index (χ2v) is 13.1. The van der Waals surface area contributed by atoms with Gasteiger partial charge < -0.3 is 15.7 Å². The first-order valence-electron chi connectivity index (χ1n) is 14.4. The van der Waals surface area contributed by atoms with Gasteiger partial charge in [-0.25, -0.2) is 0 Å². The second kappa shape index (κ2) is 12.0. The molecule has 2 aliphatic carbocycles. The topological polar surface area (TPSA) is 78.4 Å². The smallest absolute Gasteiger partial charge is 0.252 e. The predicted octanol–water partition coefficient (Wildman–Crippen LogP) is 6.87. The lowest BCUT2D eigenvalue weighted by Gasteiger charge is -2.28. The fourth-order valence-electron chi connectivity index (χ4n) is 5.57. The van der Waals surface area contributed by atoms with Crippen LogP contribution in [0.5, 0.6) is 0 Å². The van der Waals surface area contributed by atoms with E-state index in [0.717, 1.165) is 52.3 Å². The Balaban J connectivity index is 1.60. The summed E-state index contributed by atoms with van der Waals surface area (Å²) >= 11 is 0. The van der Waals surface area contributed by atoms with E-state index < -0.39 is 6.10 Å². The van der Waals surface area contributed by atoms with Crippen molar-refractivity contribution in [1.82, 2.24) is 10.6 Å². The normalized spacial score (nSPS) is 16.6. The average molecular weight is 541 g/mol. The number of amides is 2. The first-order valence-corrected chi connectivity index (χ1v) is 14.4. The minimum absolute atomic E-state index is 0.0496. The quantitative estimate of drug-likeness (QED) is 0.359. The zero-order chi connectivity index (χ0) is 29.1. The van der Waals surface area contributed by atoms with Crippen molar-refractivity contribution in [2.45, 2.75) is 97.2 Å². The fourth-order valence-corrected chi connectivity index (χ4v) is 5.57. The Hall–Kier alpha value is -3.44. The number of benzene rings is 2. The summed E-state index contributed by atoms with van der Waals surface area (Å²) in [7, 11) is 0. The molecule has 0 fully saturated rings. The number of hydrogen-bond acceptors (Lipinski definition) is 3. The van der Waals surface area contributed by atoms with Gasteiger partial charge in [-0.05, 0) is 102 Å². The van der Waals surface area contributed by atoms with Gasteiger partial charge in [0, 0.05) is 16.7 Å². The Kier molecular flexibility index (Phi) is 8.84. The Labute approximate surface area is 239 Å². The van der Waals surface area contributed by atoms with E-state index in [0.29, 0.717) is 24.8 Å². The van der Waals surface area contributed by atoms with Gasteiger partial charge in [0.2, 0.25) is 0 Å². The lowest BCUT2D eigenvalue weighted by molar-refractivity contribution is -0.118. The number of allylic oxidation sites excluding steroid dienone is 6. The van der Waals surface area contributed by atoms with Crippen LogP contribution in [0.25, 0.3) is 10.8 Å². The largest absolute Gasteiger partial charge is 0.393 e. The average Bonchev–Trinajstić information content (AvgIpc) is 3.10. The summed E-state index contributed by atoms with van der Waals surface area (Å²) in [5.41, 5.74) is 4.90. The monoisotopic (exact) mass is 540 g/mol. The summed E-state index contributed by atoms with van der Waals surface area (Å²) < 4.78 is 0. The molecule has 0 aromatic heterocycles. The number of carbonyl (C=O) groups excluding carboxylic acids is 2. The number of aliphatic hydroxyl groups excluding tert-OH is 1. The van der Waals surface area contributed by atoms with E-state index in [1.165, 1.54) is 5.57 Å². The second-order valence-electron chi connectivity index (χ2n) is 13.1. The molecule has 1 atom stereocenters. The molecular formula is C35H44N2O3. The molecule has 3 N–H and O–H groups in total. The summed E-state index contributed by atoms with van der Waals surface area (Å²) in [6, 6.07) is 11.9. The van der Waals surface area contributed by atoms with Gasteiger partial charge in [0.05, 0.1) is 11.7 Å². The molecule has 212 valence electrons. The number of carbonyl (C=O) groups is 2. The first-order chi connectivity index (χ1) is 18.8. The molecule has 0 saturated heterocycles. The Bertz CT molecular complexity index is 1410. The number of hydrogen-bond donors (Lipinski definition) is 3. The third-order valence-electron chi connectivity index (χ3n) is 7.29. The van der Waals surface area contributed by atoms with Crippen LogP contribution in [0.4, 0.5) is 0 Å². The van der Waals surface area contributed by atoms with Gasteiger partial charge >= 0.3 is 0 Å². The highest BCUT2D eigenvalue weighted by Gasteiger charge is 2.28. The zero-order valence-corrected chi connectivity index (χ0v) is 24.9. The minimum atomic E-state index is -0.650. The van der Waals surface area contributed by atoms with Gasteiger partial charge in [-0.15, -0.1) is 0 Å². The van der Waals surface area contributed by atoms with Crippen LogP contribution < -0.4 is 10.6 Å². The van der Waals surface area contributed by atoms with Crippen molar-refractivity contribution in [1.29, 1.82) is 0 Å². The predicted molar refractivity (Wildman–Crippen MR) is 164 cm³/mol. The summed E-state index contributed by atoms with van der Waals surface area (Å²) in [4.78, 5) is 26.9. The number of rotatable bonds is 7. The maximum absolute atomic E-state index is 13.5. The summed E-state index contributed by atoms with van der Waals surface area (Å²) in [5, 5.41) is 19.4. The fraction of sp³-hybridized carbons (Fsp3) is 0.429. The SMILES string of the molecule is CC(C)(C)NC(=O)C1=C(CCC(O)Cc2ccc3ccccc3c2C(=O)NC(C)(C)C)CCC2=C1C=CC=CC2. The molecular weight excluding hydrogens is 496 g/mol. The minimum Gasteiger partial charge on any atom is -0.393 e. The lowest BCUT2D eigenvalue weighted by atomic mass is 9.81. The van der Waals surface area contributed by atoms with E-state index in [-0.39, 0.29) is 22.9 Å². The third kappa shape index (κ3) is 7.39. The van der Waals surface area contributed by atoms with Gasteiger partial charge in [0.15, 0.2) is 0 Å². The van der Waals surface area contributed by atoms with E-state index in [1.54, 1.807) is 0 Å². The van der Waals surface area contributed by atoms with Gasteiger partial charge in [-0.3, -0.25) is 9.59 Å². The Morgan fingerprint density at radius 3 is 2.33 bits per heavy atom. The van der Waals surface area contributed by atoms with Gasteiger partial charge in [-0.2, -0.15) is 0 Å². The molecule has 4 rings (SSSR count). The molecule has 2 aromatic carbocycles. The lowest BCUT2D eigenvalue weighted by Crippen LogP contribution is -2.42. The van der Waals surface area contributed by atoms with Crippen molar-refractivity contribution in [3.05, 3.63) is 94.1 Å². The van der Waals surface area contributed by atoms with Crippen molar-refractivity contribution in [2.75, 3.05) is 0 Å². The van der Waals surface area contributed by atoms with Crippen LogP contribution in [0.15, 0.2) is 83.0 Å². The highest BCUT2D eigenvalue weighted by molar-refractivity contribution is 6.08. The van der Waals surface area contributed by atoms with Crippen molar-refractivity contribution >= 4 is 22.6 Å². The van der Waals surface area contributed by atoms with Gasteiger partial charge in [0.1, 0.15) is 0 Å². The summed E-state index contributed by atoms with van der Waals surface area (Å²) in [5.74, 6) is -0.178. The van der Waals surface area contributed by atoms with E-state index in [1.807, 2.05) is 90.1 Å². The first kappa shape index (κ1) is 29.5. The Morgan fingerprint density at radius 2 is 1.60 bits per heavy atom. The molecule has 1 unspecified atom stereocenters. The molecule has 2 amide bonds. The highest BCUT2D eigenvalue weighted by Crippen LogP contribution is 2.37. The Morgan fingerprint density at radius 1 is 0.900 bits per heavy atom. The highest BCUT2D eigenvalue weighted by atomic mass is 16.3. The molecule has 5 nitrogen and oxygen atoms in total. The van der Waals surface area contributed by atoms with E-state index in [4.69, 9.17) is 0 Å². The van der Waals surface area contributed by atoms with Crippen molar-refractivity contribution in [2.24, 2.45) is 0 Å². The maximum atomic E-state index is 13.5. The van der Waals surface area contributed by atoms with Crippen molar-refractivity contribution in [3.63, 3.8) is 0 Å². The molecule has 2 aliphatic rings. The van der Waals surface area contributed by atoms with Crippen LogP contribution in [0.2, 0.25) is 0 Å². The van der Waals surface area contributed by atoms with Crippen LogP contribution in [0, 0.1) is 0 Å². The molecule has 0 heterocycles.